The molecule has 3 nitrogen and oxygen atoms in total. The summed E-state index contributed by atoms with van der Waals surface area (Å²) < 4.78 is 13.0. The number of hydrogen-bond acceptors (Lipinski definition) is 2. The molecule has 0 aliphatic carbocycles. The number of benzene rings is 1. The third-order valence-electron chi connectivity index (χ3n) is 3.90. The van der Waals surface area contributed by atoms with E-state index in [0.717, 1.165) is 24.5 Å². The molecule has 0 aliphatic rings. The van der Waals surface area contributed by atoms with Gasteiger partial charge in [-0.3, -0.25) is 0 Å². The van der Waals surface area contributed by atoms with E-state index in [0.29, 0.717) is 0 Å². The second-order valence-electron chi connectivity index (χ2n) is 5.29. The van der Waals surface area contributed by atoms with Crippen LogP contribution in [0, 0.1) is 13.8 Å². The molecule has 0 saturated carbocycles. The first kappa shape index (κ1) is 15.4. The van der Waals surface area contributed by atoms with Gasteiger partial charge in [0.2, 0.25) is 0 Å². The molecule has 0 bridgehead atoms. The first-order chi connectivity index (χ1) is 10.1. The van der Waals surface area contributed by atoms with Gasteiger partial charge in [0, 0.05) is 24.1 Å². The summed E-state index contributed by atoms with van der Waals surface area (Å²) in [6, 6.07) is 8.47. The minimum Gasteiger partial charge on any atom is -0.493 e. The van der Waals surface area contributed by atoms with Gasteiger partial charge in [0.05, 0.1) is 14.2 Å². The van der Waals surface area contributed by atoms with Gasteiger partial charge in [-0.25, -0.2) is 0 Å². The van der Waals surface area contributed by atoms with E-state index < -0.39 is 0 Å². The van der Waals surface area contributed by atoms with Gasteiger partial charge in [0.15, 0.2) is 29.9 Å². The van der Waals surface area contributed by atoms with E-state index in [1.165, 1.54) is 22.4 Å². The predicted molar refractivity (Wildman–Crippen MR) is 84.1 cm³/mol. The number of rotatable bonds is 5. The molecule has 0 saturated heterocycles. The van der Waals surface area contributed by atoms with Crippen LogP contribution in [0.2, 0.25) is 0 Å². The van der Waals surface area contributed by atoms with E-state index in [1.807, 2.05) is 6.07 Å². The van der Waals surface area contributed by atoms with E-state index in [-0.39, 0.29) is 0 Å². The Morgan fingerprint density at radius 1 is 1.00 bits per heavy atom. The first-order valence-electron chi connectivity index (χ1n) is 7.29. The van der Waals surface area contributed by atoms with Gasteiger partial charge in [0.1, 0.15) is 0 Å². The fraction of sp³-hybridized carbons (Fsp3) is 0.389. The Morgan fingerprint density at radius 3 is 2.29 bits per heavy atom. The van der Waals surface area contributed by atoms with Crippen LogP contribution < -0.4 is 14.0 Å². The van der Waals surface area contributed by atoms with Gasteiger partial charge >= 0.3 is 0 Å². The molecule has 112 valence electrons. The molecule has 0 unspecified atom stereocenters. The molecule has 0 N–H and O–H groups in total. The van der Waals surface area contributed by atoms with Crippen molar-refractivity contribution in [1.82, 2.24) is 0 Å². The highest BCUT2D eigenvalue weighted by Crippen LogP contribution is 2.30. The van der Waals surface area contributed by atoms with Crippen LogP contribution in [0.15, 0.2) is 30.5 Å². The van der Waals surface area contributed by atoms with Gasteiger partial charge in [-0.05, 0) is 37.1 Å². The lowest BCUT2D eigenvalue weighted by Crippen LogP contribution is -2.38. The Labute approximate surface area is 127 Å². The molecule has 1 aromatic carbocycles. The molecule has 1 aromatic heterocycles. The smallest absolute Gasteiger partial charge is 0.178 e. The third kappa shape index (κ3) is 3.35. The summed E-state index contributed by atoms with van der Waals surface area (Å²) >= 11 is 0. The zero-order valence-electron chi connectivity index (χ0n) is 13.6. The molecular formula is C18H24NO2+. The van der Waals surface area contributed by atoms with Crippen LogP contribution in [0.3, 0.4) is 0 Å². The third-order valence-corrected chi connectivity index (χ3v) is 3.90. The Bertz CT molecular complexity index is 635. The average Bonchev–Trinajstić information content (AvgIpc) is 2.50. The molecule has 0 fully saturated rings. The molecular weight excluding hydrogens is 262 g/mol. The molecule has 2 rings (SSSR count). The van der Waals surface area contributed by atoms with Crippen molar-refractivity contribution in [3.05, 3.63) is 52.8 Å². The topological polar surface area (TPSA) is 22.3 Å². The van der Waals surface area contributed by atoms with Crippen molar-refractivity contribution < 1.29 is 14.0 Å². The summed E-state index contributed by atoms with van der Waals surface area (Å²) in [4.78, 5) is 0. The number of hydrogen-bond donors (Lipinski definition) is 0. The fourth-order valence-corrected chi connectivity index (χ4v) is 2.42. The number of pyridine rings is 1. The minimum absolute atomic E-state index is 0.780. The van der Waals surface area contributed by atoms with Crippen LogP contribution in [-0.2, 0) is 13.0 Å². The first-order valence-corrected chi connectivity index (χ1v) is 7.29. The molecule has 0 radical (unpaired) electrons. The van der Waals surface area contributed by atoms with Crippen LogP contribution >= 0.6 is 0 Å². The second-order valence-corrected chi connectivity index (χ2v) is 5.29. The lowest BCUT2D eigenvalue weighted by molar-refractivity contribution is -0.694. The average molecular weight is 286 g/mol. The summed E-state index contributed by atoms with van der Waals surface area (Å²) in [6.45, 7) is 7.26. The monoisotopic (exact) mass is 286 g/mol. The van der Waals surface area contributed by atoms with Crippen LogP contribution in [-0.4, -0.2) is 14.2 Å². The Morgan fingerprint density at radius 2 is 1.67 bits per heavy atom. The molecule has 0 spiro atoms. The highest BCUT2D eigenvalue weighted by atomic mass is 16.5. The summed E-state index contributed by atoms with van der Waals surface area (Å²) in [6.07, 6.45) is 3.27. The maximum absolute atomic E-state index is 5.41. The highest BCUT2D eigenvalue weighted by Gasteiger charge is 2.14. The fourth-order valence-electron chi connectivity index (χ4n) is 2.42. The Balaban J connectivity index is 2.39. The zero-order valence-corrected chi connectivity index (χ0v) is 13.6. The Kier molecular flexibility index (Phi) is 4.84. The molecule has 0 atom stereocenters. The molecule has 1 heterocycles. The van der Waals surface area contributed by atoms with Crippen LogP contribution in [0.1, 0.15) is 29.3 Å². The van der Waals surface area contributed by atoms with Crippen molar-refractivity contribution in [2.45, 2.75) is 33.7 Å². The number of methoxy groups -OCH3 is 2. The van der Waals surface area contributed by atoms with Gasteiger partial charge in [-0.2, -0.15) is 4.57 Å². The summed E-state index contributed by atoms with van der Waals surface area (Å²) in [5.74, 6) is 1.56. The van der Waals surface area contributed by atoms with Crippen LogP contribution in [0.25, 0.3) is 0 Å². The predicted octanol–water partition coefficient (Wildman–Crippen LogP) is 3.22. The van der Waals surface area contributed by atoms with Crippen molar-refractivity contribution in [2.75, 3.05) is 14.2 Å². The largest absolute Gasteiger partial charge is 0.493 e. The normalized spacial score (nSPS) is 10.5. The number of aromatic nitrogens is 1. The lowest BCUT2D eigenvalue weighted by atomic mass is 10.1. The molecule has 21 heavy (non-hydrogen) atoms. The highest BCUT2D eigenvalue weighted by molar-refractivity contribution is 5.46. The molecule has 0 amide bonds. The van der Waals surface area contributed by atoms with Crippen LogP contribution in [0.5, 0.6) is 11.5 Å². The van der Waals surface area contributed by atoms with E-state index >= 15 is 0 Å². The van der Waals surface area contributed by atoms with Crippen molar-refractivity contribution in [2.24, 2.45) is 0 Å². The number of ether oxygens (including phenoxy) is 2. The van der Waals surface area contributed by atoms with E-state index in [1.54, 1.807) is 14.2 Å². The molecule has 3 heteroatoms. The SMILES string of the molecule is CCc1ccc(C)[n+](Cc2cc(OC)c(OC)cc2C)c1. The second kappa shape index (κ2) is 6.61. The van der Waals surface area contributed by atoms with Crippen molar-refractivity contribution in [1.29, 1.82) is 0 Å². The zero-order chi connectivity index (χ0) is 15.4. The standard InChI is InChI=1S/C18H24NO2/c1-6-15-8-7-14(3)19(11-15)12-16-10-18(21-5)17(20-4)9-13(16)2/h7-11H,6,12H2,1-5H3/q+1. The quantitative estimate of drug-likeness (QED) is 0.787. The molecule has 0 aliphatic heterocycles. The van der Waals surface area contributed by atoms with E-state index in [9.17, 15) is 0 Å². The summed E-state index contributed by atoms with van der Waals surface area (Å²) in [7, 11) is 3.34. The summed E-state index contributed by atoms with van der Waals surface area (Å²) in [5.41, 5.74) is 5.05. The summed E-state index contributed by atoms with van der Waals surface area (Å²) in [5, 5.41) is 0. The number of aryl methyl sites for hydroxylation is 3. The van der Waals surface area contributed by atoms with Crippen molar-refractivity contribution >= 4 is 0 Å². The maximum atomic E-state index is 5.41. The van der Waals surface area contributed by atoms with Crippen molar-refractivity contribution in [3.8, 4) is 11.5 Å². The van der Waals surface area contributed by atoms with Crippen molar-refractivity contribution in [3.63, 3.8) is 0 Å². The van der Waals surface area contributed by atoms with E-state index in [2.05, 4.69) is 49.7 Å². The van der Waals surface area contributed by atoms with Crippen LogP contribution in [0.4, 0.5) is 0 Å². The lowest BCUT2D eigenvalue weighted by Gasteiger charge is -2.12. The van der Waals surface area contributed by atoms with E-state index in [4.69, 9.17) is 9.47 Å². The van der Waals surface area contributed by atoms with Gasteiger partial charge in [-0.1, -0.05) is 6.92 Å². The van der Waals surface area contributed by atoms with Gasteiger partial charge in [0.25, 0.3) is 0 Å². The Hall–Kier alpha value is -2.03. The minimum atomic E-state index is 0.780. The van der Waals surface area contributed by atoms with Gasteiger partial charge < -0.3 is 9.47 Å². The maximum Gasteiger partial charge on any atom is 0.178 e. The number of nitrogens with zero attached hydrogens (tertiary/aromatic N) is 1. The molecule has 2 aromatic rings. The van der Waals surface area contributed by atoms with Gasteiger partial charge in [-0.15, -0.1) is 0 Å².